The second kappa shape index (κ2) is 4.07. The largest absolute Gasteiger partial charge is 0.237 e. The first-order valence-corrected chi connectivity index (χ1v) is 6.18. The van der Waals surface area contributed by atoms with Crippen molar-refractivity contribution in [2.24, 2.45) is 5.92 Å². The Hall–Kier alpha value is 1.09. The molecule has 1 saturated carbocycles. The van der Waals surface area contributed by atoms with Crippen molar-refractivity contribution in [3.05, 3.63) is 0 Å². The molecule has 0 amide bonds. The Morgan fingerprint density at radius 1 is 1.67 bits per heavy atom. The summed E-state index contributed by atoms with van der Waals surface area (Å²) in [6.07, 6.45) is 2.82. The van der Waals surface area contributed by atoms with Crippen molar-refractivity contribution in [1.82, 2.24) is 4.49 Å². The van der Waals surface area contributed by atoms with E-state index in [0.717, 1.165) is 19.1 Å². The fraction of sp³-hybridized carbons (Fsp3) is 1.00. The molecule has 0 spiro atoms. The molecule has 0 aromatic carbocycles. The van der Waals surface area contributed by atoms with Crippen LogP contribution in [0.3, 0.4) is 0 Å². The van der Waals surface area contributed by atoms with Crippen molar-refractivity contribution in [3.63, 3.8) is 0 Å². The van der Waals surface area contributed by atoms with Crippen LogP contribution in [0.1, 0.15) is 19.8 Å². The molecule has 0 aromatic rings. The minimum atomic E-state index is 0.774. The maximum atomic E-state index is 3.92. The predicted molar refractivity (Wildman–Crippen MR) is 50.2 cm³/mol. The first kappa shape index (κ1) is 8.19. The lowest BCUT2D eigenvalue weighted by Gasteiger charge is -2.31. The Kier molecular flexibility index (Phi) is 3.70. The second-order valence-electron chi connectivity index (χ2n) is 2.53. The van der Waals surface area contributed by atoms with E-state index in [4.69, 9.17) is 0 Å². The van der Waals surface area contributed by atoms with Crippen molar-refractivity contribution in [2.45, 2.75) is 25.0 Å². The molecule has 54 valence electrons. The van der Waals surface area contributed by atoms with E-state index < -0.39 is 0 Å². The standard InChI is InChI=1S/C5H12NPS2/c1-4-2-5(3-4)9-7-6-8/h4-8H,2-3H2,1H3. The highest BCUT2D eigenvalue weighted by Crippen LogP contribution is 2.43. The number of hydrogen-bond acceptors (Lipinski definition) is 3. The van der Waals surface area contributed by atoms with Crippen molar-refractivity contribution in [3.8, 4) is 0 Å². The van der Waals surface area contributed by atoms with Crippen molar-refractivity contribution < 1.29 is 0 Å². The average molecular weight is 181 g/mol. The molecule has 0 heterocycles. The van der Waals surface area contributed by atoms with Gasteiger partial charge in [0, 0.05) is 13.2 Å². The van der Waals surface area contributed by atoms with Gasteiger partial charge in [0.25, 0.3) is 0 Å². The molecule has 1 N–H and O–H groups in total. The minimum Gasteiger partial charge on any atom is -0.237 e. The van der Waals surface area contributed by atoms with Gasteiger partial charge in [-0.1, -0.05) is 19.7 Å². The van der Waals surface area contributed by atoms with Crippen LogP contribution in [-0.2, 0) is 0 Å². The maximum absolute atomic E-state index is 3.92. The van der Waals surface area contributed by atoms with Gasteiger partial charge in [0.15, 0.2) is 0 Å². The fourth-order valence-electron chi connectivity index (χ4n) is 1.03. The number of rotatable bonds is 3. The van der Waals surface area contributed by atoms with Crippen LogP contribution in [0.5, 0.6) is 0 Å². The molecule has 0 radical (unpaired) electrons. The van der Waals surface area contributed by atoms with Crippen LogP contribution in [0.25, 0.3) is 0 Å². The third-order valence-corrected chi connectivity index (χ3v) is 4.98. The van der Waals surface area contributed by atoms with Gasteiger partial charge in [0.05, 0.1) is 0 Å². The van der Waals surface area contributed by atoms with E-state index in [-0.39, 0.29) is 0 Å². The lowest BCUT2D eigenvalue weighted by atomic mass is 9.87. The zero-order valence-electron chi connectivity index (χ0n) is 5.42. The summed E-state index contributed by atoms with van der Waals surface area (Å²) >= 11 is 5.93. The minimum absolute atomic E-state index is 0.774. The Morgan fingerprint density at radius 2 is 2.33 bits per heavy atom. The van der Waals surface area contributed by atoms with Gasteiger partial charge in [0.1, 0.15) is 0 Å². The van der Waals surface area contributed by atoms with E-state index in [1.807, 2.05) is 11.4 Å². The molecule has 4 heteroatoms. The molecule has 0 bridgehead atoms. The third kappa shape index (κ3) is 2.67. The number of hydrogen-bond donors (Lipinski definition) is 2. The molecular weight excluding hydrogens is 169 g/mol. The average Bonchev–Trinajstić information content (AvgIpc) is 1.78. The molecule has 1 fully saturated rings. The van der Waals surface area contributed by atoms with Gasteiger partial charge in [-0.2, -0.15) is 0 Å². The Morgan fingerprint density at radius 3 is 2.78 bits per heavy atom. The van der Waals surface area contributed by atoms with Crippen LogP contribution in [-0.4, -0.2) is 5.25 Å². The molecule has 1 unspecified atom stereocenters. The van der Waals surface area contributed by atoms with Crippen LogP contribution in [0, 0.1) is 5.92 Å². The molecule has 1 atom stereocenters. The summed E-state index contributed by atoms with van der Waals surface area (Å²) in [6.45, 7) is 2.31. The van der Waals surface area contributed by atoms with Crippen molar-refractivity contribution in [2.75, 3.05) is 0 Å². The molecular formula is C5H12NPS2. The second-order valence-corrected chi connectivity index (χ2v) is 5.85. The third-order valence-electron chi connectivity index (χ3n) is 1.60. The quantitative estimate of drug-likeness (QED) is 0.512. The first-order chi connectivity index (χ1) is 4.33. The van der Waals surface area contributed by atoms with E-state index in [1.165, 1.54) is 12.8 Å². The highest BCUT2D eigenvalue weighted by Gasteiger charge is 2.24. The van der Waals surface area contributed by atoms with Crippen molar-refractivity contribution in [1.29, 1.82) is 0 Å². The zero-order chi connectivity index (χ0) is 6.69. The van der Waals surface area contributed by atoms with Crippen LogP contribution in [0.2, 0.25) is 0 Å². The molecule has 9 heavy (non-hydrogen) atoms. The van der Waals surface area contributed by atoms with E-state index in [0.29, 0.717) is 0 Å². The molecule has 0 aliphatic heterocycles. The molecule has 0 saturated heterocycles. The van der Waals surface area contributed by atoms with Gasteiger partial charge in [-0.25, -0.2) is 4.49 Å². The summed E-state index contributed by atoms with van der Waals surface area (Å²) in [7, 11) is 0.774. The van der Waals surface area contributed by atoms with Crippen LogP contribution >= 0.6 is 32.1 Å². The topological polar surface area (TPSA) is 12.0 Å². The molecule has 1 aliphatic carbocycles. The molecule has 1 nitrogen and oxygen atoms in total. The summed E-state index contributed by atoms with van der Waals surface area (Å²) in [5, 5.41) is 0.929. The Balaban J connectivity index is 1.91. The monoisotopic (exact) mass is 181 g/mol. The first-order valence-electron chi connectivity index (χ1n) is 3.12. The van der Waals surface area contributed by atoms with Crippen LogP contribution in [0.4, 0.5) is 0 Å². The van der Waals surface area contributed by atoms with Gasteiger partial charge in [-0.15, -0.1) is 11.4 Å². The van der Waals surface area contributed by atoms with Crippen molar-refractivity contribution >= 4 is 32.1 Å². The van der Waals surface area contributed by atoms with Gasteiger partial charge >= 0.3 is 0 Å². The number of thiol groups is 1. The normalized spacial score (nSPS) is 35.3. The molecule has 0 aromatic heterocycles. The molecule has 1 aliphatic rings. The lowest BCUT2D eigenvalue weighted by Crippen LogP contribution is -2.22. The number of nitrogens with one attached hydrogen (secondary N) is 1. The Labute approximate surface area is 67.9 Å². The molecule has 1 rings (SSSR count). The summed E-state index contributed by atoms with van der Waals surface area (Å²) in [4.78, 5) is 0. The lowest BCUT2D eigenvalue weighted by molar-refractivity contribution is 0.362. The fourth-order valence-corrected chi connectivity index (χ4v) is 3.81. The van der Waals surface area contributed by atoms with E-state index in [9.17, 15) is 0 Å². The maximum Gasteiger partial charge on any atom is 0.0173 e. The smallest absolute Gasteiger partial charge is 0.0173 e. The van der Waals surface area contributed by atoms with E-state index >= 15 is 0 Å². The van der Waals surface area contributed by atoms with Gasteiger partial charge in [0.2, 0.25) is 0 Å². The van der Waals surface area contributed by atoms with Crippen LogP contribution < -0.4 is 4.49 Å². The predicted octanol–water partition coefficient (Wildman–Crippen LogP) is 2.46. The summed E-state index contributed by atoms with van der Waals surface area (Å²) < 4.78 is 2.87. The SMILES string of the molecule is CC1CC(SPNS)C1. The highest BCUT2D eigenvalue weighted by atomic mass is 32.7. The zero-order valence-corrected chi connectivity index (χ0v) is 8.14. The van der Waals surface area contributed by atoms with Gasteiger partial charge in [-0.05, 0) is 18.8 Å². The summed E-state index contributed by atoms with van der Waals surface area (Å²) in [6, 6.07) is 0. The summed E-state index contributed by atoms with van der Waals surface area (Å²) in [5.74, 6) is 0.979. The Bertz CT molecular complexity index is 85.0. The van der Waals surface area contributed by atoms with E-state index in [2.05, 4.69) is 24.2 Å². The summed E-state index contributed by atoms with van der Waals surface area (Å²) in [5.41, 5.74) is 0. The van der Waals surface area contributed by atoms with Gasteiger partial charge in [-0.3, -0.25) is 0 Å². The van der Waals surface area contributed by atoms with Crippen LogP contribution in [0.15, 0.2) is 0 Å². The van der Waals surface area contributed by atoms with Gasteiger partial charge < -0.3 is 0 Å². The highest BCUT2D eigenvalue weighted by molar-refractivity contribution is 8.50. The van der Waals surface area contributed by atoms with E-state index in [1.54, 1.807) is 0 Å².